The average Bonchev–Trinajstić information content (AvgIpc) is 2.33. The maximum Gasteiger partial charge on any atom is 0.301 e. The van der Waals surface area contributed by atoms with E-state index >= 15 is 0 Å². The minimum absolute atomic E-state index is 0.0601. The molecule has 0 atom stereocenters. The van der Waals surface area contributed by atoms with Crippen LogP contribution in [-0.2, 0) is 0 Å². The summed E-state index contributed by atoms with van der Waals surface area (Å²) in [5.74, 6) is -1.27. The van der Waals surface area contributed by atoms with E-state index in [1.807, 2.05) is 0 Å². The maximum absolute atomic E-state index is 13.5. The van der Waals surface area contributed by atoms with Crippen LogP contribution in [0.3, 0.4) is 0 Å². The second-order valence-electron chi connectivity index (χ2n) is 3.49. The lowest BCUT2D eigenvalue weighted by Crippen LogP contribution is -1.97. The maximum atomic E-state index is 13.5. The number of nitro groups is 1. The molecule has 2 rings (SSSR count). The van der Waals surface area contributed by atoms with Gasteiger partial charge in [0.25, 0.3) is 0 Å². The number of nitrogen functional groups attached to an aromatic ring is 1. The zero-order valence-electron chi connectivity index (χ0n) is 9.34. The highest BCUT2D eigenvalue weighted by Gasteiger charge is 2.18. The number of halogens is 2. The lowest BCUT2D eigenvalue weighted by molar-refractivity contribution is -0.388. The van der Waals surface area contributed by atoms with Crippen LogP contribution in [0.2, 0.25) is 0 Å². The van der Waals surface area contributed by atoms with Gasteiger partial charge in [0.05, 0.1) is 9.82 Å². The van der Waals surface area contributed by atoms with Gasteiger partial charge in [-0.2, -0.15) is 0 Å². The summed E-state index contributed by atoms with van der Waals surface area (Å²) in [5, 5.41) is 10.7. The molecule has 5 nitrogen and oxygen atoms in total. The normalized spacial score (nSPS) is 10.4. The Labute approximate surface area is 110 Å². The summed E-state index contributed by atoms with van der Waals surface area (Å²) >= 11 is 0.650. The van der Waals surface area contributed by atoms with E-state index in [0.717, 1.165) is 18.2 Å². The lowest BCUT2D eigenvalue weighted by atomic mass is 10.3. The molecule has 0 saturated heterocycles. The summed E-state index contributed by atoms with van der Waals surface area (Å²) in [6.45, 7) is 0. The molecule has 0 fully saturated rings. The Morgan fingerprint density at radius 2 is 2.00 bits per heavy atom. The number of nitrogens with zero attached hydrogens (tertiary/aromatic N) is 2. The van der Waals surface area contributed by atoms with Crippen molar-refractivity contribution >= 4 is 23.3 Å². The summed E-state index contributed by atoms with van der Waals surface area (Å²) in [4.78, 5) is 13.8. The minimum atomic E-state index is -0.690. The van der Waals surface area contributed by atoms with Crippen LogP contribution in [0, 0.1) is 21.7 Å². The molecule has 0 amide bonds. The van der Waals surface area contributed by atoms with Crippen molar-refractivity contribution in [2.24, 2.45) is 0 Å². The SMILES string of the molecule is Nc1ccc([N+](=O)[O-])c(Sc2cc(F)ccc2F)n1. The molecule has 0 aliphatic rings. The third-order valence-corrected chi connectivity index (χ3v) is 3.18. The van der Waals surface area contributed by atoms with Gasteiger partial charge >= 0.3 is 5.69 Å². The summed E-state index contributed by atoms with van der Waals surface area (Å²) in [6, 6.07) is 5.27. The van der Waals surface area contributed by atoms with E-state index in [-0.39, 0.29) is 21.4 Å². The molecule has 19 heavy (non-hydrogen) atoms. The molecule has 0 spiro atoms. The van der Waals surface area contributed by atoms with E-state index in [0.29, 0.717) is 11.8 Å². The predicted octanol–water partition coefficient (Wildman–Crippen LogP) is 3.00. The highest BCUT2D eigenvalue weighted by molar-refractivity contribution is 7.99. The monoisotopic (exact) mass is 283 g/mol. The van der Waals surface area contributed by atoms with Crippen molar-refractivity contribution < 1.29 is 13.7 Å². The fourth-order valence-corrected chi connectivity index (χ4v) is 2.26. The molecule has 0 radical (unpaired) electrons. The van der Waals surface area contributed by atoms with Crippen LogP contribution in [-0.4, -0.2) is 9.91 Å². The standard InChI is InChI=1S/C11H7F2N3O2S/c12-6-1-2-7(13)9(5-6)19-11-8(16(17)18)3-4-10(14)15-11/h1-5H,(H2,14,15). The zero-order valence-corrected chi connectivity index (χ0v) is 10.2. The van der Waals surface area contributed by atoms with Crippen molar-refractivity contribution in [3.05, 3.63) is 52.1 Å². The van der Waals surface area contributed by atoms with E-state index in [2.05, 4.69) is 4.98 Å². The Morgan fingerprint density at radius 1 is 1.26 bits per heavy atom. The number of rotatable bonds is 3. The van der Waals surface area contributed by atoms with Crippen LogP contribution < -0.4 is 5.73 Å². The first kappa shape index (κ1) is 13.2. The molecular formula is C11H7F2N3O2S. The number of nitrogens with two attached hydrogens (primary N) is 1. The van der Waals surface area contributed by atoms with Crippen LogP contribution in [0.4, 0.5) is 20.3 Å². The minimum Gasteiger partial charge on any atom is -0.384 e. The topological polar surface area (TPSA) is 82.0 Å². The highest BCUT2D eigenvalue weighted by atomic mass is 32.2. The molecule has 0 saturated carbocycles. The molecule has 8 heteroatoms. The fourth-order valence-electron chi connectivity index (χ4n) is 1.32. The third kappa shape index (κ3) is 2.97. The van der Waals surface area contributed by atoms with Crippen molar-refractivity contribution in [1.82, 2.24) is 4.98 Å². The average molecular weight is 283 g/mol. The smallest absolute Gasteiger partial charge is 0.301 e. The summed E-state index contributed by atoms with van der Waals surface area (Å²) in [5.41, 5.74) is 5.12. The molecule has 98 valence electrons. The molecule has 1 aromatic heterocycles. The predicted molar refractivity (Wildman–Crippen MR) is 65.8 cm³/mol. The largest absolute Gasteiger partial charge is 0.384 e. The van der Waals surface area contributed by atoms with Gasteiger partial charge < -0.3 is 5.73 Å². The van der Waals surface area contributed by atoms with Gasteiger partial charge in [0.2, 0.25) is 0 Å². The molecule has 1 aromatic carbocycles. The van der Waals surface area contributed by atoms with Gasteiger partial charge in [-0.25, -0.2) is 13.8 Å². The Hall–Kier alpha value is -2.22. The highest BCUT2D eigenvalue weighted by Crippen LogP contribution is 2.35. The fraction of sp³-hybridized carbons (Fsp3) is 0. The van der Waals surface area contributed by atoms with Gasteiger partial charge in [0, 0.05) is 6.07 Å². The Balaban J connectivity index is 2.45. The quantitative estimate of drug-likeness (QED) is 0.691. The lowest BCUT2D eigenvalue weighted by Gasteiger charge is -2.04. The summed E-state index contributed by atoms with van der Waals surface area (Å²) in [6.07, 6.45) is 0. The second-order valence-corrected chi connectivity index (χ2v) is 4.52. The molecule has 0 aliphatic heterocycles. The summed E-state index contributed by atoms with van der Waals surface area (Å²) < 4.78 is 26.5. The molecule has 0 aliphatic carbocycles. The number of benzene rings is 1. The first-order valence-electron chi connectivity index (χ1n) is 5.01. The van der Waals surface area contributed by atoms with E-state index < -0.39 is 16.6 Å². The Bertz CT molecular complexity index is 652. The first-order valence-corrected chi connectivity index (χ1v) is 5.83. The molecule has 0 unspecified atom stereocenters. The van der Waals surface area contributed by atoms with Gasteiger partial charge in [-0.15, -0.1) is 0 Å². The molecule has 2 aromatic rings. The van der Waals surface area contributed by atoms with Crippen LogP contribution in [0.25, 0.3) is 0 Å². The van der Waals surface area contributed by atoms with Crippen LogP contribution in [0.5, 0.6) is 0 Å². The number of pyridine rings is 1. The van der Waals surface area contributed by atoms with Gasteiger partial charge in [-0.05, 0) is 24.3 Å². The molecular weight excluding hydrogens is 276 g/mol. The van der Waals surface area contributed by atoms with Crippen LogP contribution >= 0.6 is 11.8 Å². The first-order chi connectivity index (χ1) is 8.97. The van der Waals surface area contributed by atoms with E-state index in [4.69, 9.17) is 5.73 Å². The second kappa shape index (κ2) is 5.19. The molecule has 2 N–H and O–H groups in total. The Morgan fingerprint density at radius 3 is 2.68 bits per heavy atom. The van der Waals surface area contributed by atoms with Crippen molar-refractivity contribution in [3.63, 3.8) is 0 Å². The zero-order chi connectivity index (χ0) is 14.0. The summed E-state index contributed by atoms with van der Waals surface area (Å²) in [7, 11) is 0. The van der Waals surface area contributed by atoms with E-state index in [1.165, 1.54) is 12.1 Å². The third-order valence-electron chi connectivity index (χ3n) is 2.16. The van der Waals surface area contributed by atoms with E-state index in [1.54, 1.807) is 0 Å². The van der Waals surface area contributed by atoms with E-state index in [9.17, 15) is 18.9 Å². The Kier molecular flexibility index (Phi) is 3.61. The van der Waals surface area contributed by atoms with Crippen LogP contribution in [0.1, 0.15) is 0 Å². The number of anilines is 1. The van der Waals surface area contributed by atoms with Gasteiger partial charge in [-0.3, -0.25) is 10.1 Å². The van der Waals surface area contributed by atoms with Crippen LogP contribution in [0.15, 0.2) is 40.3 Å². The molecule has 1 heterocycles. The van der Waals surface area contributed by atoms with Gasteiger partial charge in [0.1, 0.15) is 17.5 Å². The molecule has 0 bridgehead atoms. The number of hydrogen-bond donors (Lipinski definition) is 1. The van der Waals surface area contributed by atoms with Crippen molar-refractivity contribution in [1.29, 1.82) is 0 Å². The van der Waals surface area contributed by atoms with Crippen molar-refractivity contribution in [2.75, 3.05) is 5.73 Å². The van der Waals surface area contributed by atoms with Gasteiger partial charge in [0.15, 0.2) is 5.03 Å². The van der Waals surface area contributed by atoms with Crippen molar-refractivity contribution in [2.45, 2.75) is 9.92 Å². The number of hydrogen-bond acceptors (Lipinski definition) is 5. The van der Waals surface area contributed by atoms with Crippen molar-refractivity contribution in [3.8, 4) is 0 Å². The van der Waals surface area contributed by atoms with Gasteiger partial charge in [-0.1, -0.05) is 11.8 Å². The number of aromatic nitrogens is 1.